The Morgan fingerprint density at radius 3 is 2.63 bits per heavy atom. The molecule has 1 N–H and O–H groups in total. The van der Waals surface area contributed by atoms with Crippen molar-refractivity contribution in [1.29, 1.82) is 0 Å². The van der Waals surface area contributed by atoms with Crippen LogP contribution in [0, 0.1) is 6.92 Å². The molecule has 0 unspecified atom stereocenters. The Kier molecular flexibility index (Phi) is 6.30. The minimum atomic E-state index is -0.0538. The van der Waals surface area contributed by atoms with Crippen molar-refractivity contribution in [3.8, 4) is 5.75 Å². The SMILES string of the molecule is CCCCCc1ccc(C(=O)c2cc(C)ccc2OCc2nn[nH]n2)cc1. The fraction of sp³-hybridized carbons (Fsp3) is 0.333. The van der Waals surface area contributed by atoms with Gasteiger partial charge in [0, 0.05) is 5.56 Å². The molecule has 6 nitrogen and oxygen atoms in total. The van der Waals surface area contributed by atoms with E-state index >= 15 is 0 Å². The number of hydrogen-bond donors (Lipinski definition) is 1. The van der Waals surface area contributed by atoms with Gasteiger partial charge in [-0.3, -0.25) is 4.79 Å². The third-order valence-corrected chi connectivity index (χ3v) is 4.41. The molecule has 0 bridgehead atoms. The molecule has 0 saturated heterocycles. The number of carbonyl (C=O) groups excluding carboxylic acids is 1. The van der Waals surface area contributed by atoms with Gasteiger partial charge in [-0.25, -0.2) is 0 Å². The molecule has 0 spiro atoms. The Hall–Kier alpha value is -3.02. The lowest BCUT2D eigenvalue weighted by Crippen LogP contribution is -2.07. The second kappa shape index (κ2) is 9.07. The van der Waals surface area contributed by atoms with Gasteiger partial charge < -0.3 is 4.74 Å². The van der Waals surface area contributed by atoms with Gasteiger partial charge in [-0.05, 0) is 37.5 Å². The highest BCUT2D eigenvalue weighted by atomic mass is 16.5. The molecule has 1 heterocycles. The first-order chi connectivity index (χ1) is 13.2. The molecule has 1 aromatic heterocycles. The van der Waals surface area contributed by atoms with Gasteiger partial charge in [-0.1, -0.05) is 60.9 Å². The quantitative estimate of drug-likeness (QED) is 0.458. The topological polar surface area (TPSA) is 80.8 Å². The number of aryl methyl sites for hydroxylation is 2. The summed E-state index contributed by atoms with van der Waals surface area (Å²) in [4.78, 5) is 13.0. The molecule has 3 aromatic rings. The molecule has 2 aromatic carbocycles. The van der Waals surface area contributed by atoms with E-state index in [1.165, 1.54) is 24.8 Å². The highest BCUT2D eigenvalue weighted by molar-refractivity contribution is 6.10. The minimum absolute atomic E-state index is 0.0538. The average molecular weight is 364 g/mol. The number of rotatable bonds is 9. The van der Waals surface area contributed by atoms with Crippen LogP contribution in [0.25, 0.3) is 0 Å². The summed E-state index contributed by atoms with van der Waals surface area (Å²) < 4.78 is 5.76. The number of aromatic nitrogens is 4. The minimum Gasteiger partial charge on any atom is -0.485 e. The molecule has 0 saturated carbocycles. The van der Waals surface area contributed by atoms with Gasteiger partial charge in [0.1, 0.15) is 5.75 Å². The van der Waals surface area contributed by atoms with Gasteiger partial charge in [0.2, 0.25) is 5.82 Å². The third-order valence-electron chi connectivity index (χ3n) is 4.41. The second-order valence-electron chi connectivity index (χ2n) is 6.60. The Morgan fingerprint density at radius 2 is 1.93 bits per heavy atom. The molecule has 0 aliphatic carbocycles. The van der Waals surface area contributed by atoms with Gasteiger partial charge in [-0.2, -0.15) is 5.21 Å². The number of ether oxygens (including phenoxy) is 1. The lowest BCUT2D eigenvalue weighted by atomic mass is 9.98. The molecule has 3 rings (SSSR count). The van der Waals surface area contributed by atoms with Crippen molar-refractivity contribution in [2.24, 2.45) is 0 Å². The van der Waals surface area contributed by atoms with Gasteiger partial charge >= 0.3 is 0 Å². The van der Waals surface area contributed by atoms with E-state index < -0.39 is 0 Å². The number of aromatic amines is 1. The molecular formula is C21H24N4O2. The van der Waals surface area contributed by atoms with Crippen molar-refractivity contribution < 1.29 is 9.53 Å². The molecule has 0 amide bonds. The van der Waals surface area contributed by atoms with E-state index in [9.17, 15) is 4.79 Å². The van der Waals surface area contributed by atoms with Crippen molar-refractivity contribution >= 4 is 5.78 Å². The van der Waals surface area contributed by atoms with Crippen molar-refractivity contribution in [3.05, 3.63) is 70.5 Å². The summed E-state index contributed by atoms with van der Waals surface area (Å²) in [6, 6.07) is 13.4. The fourth-order valence-electron chi connectivity index (χ4n) is 2.89. The van der Waals surface area contributed by atoms with E-state index in [2.05, 4.69) is 27.5 Å². The smallest absolute Gasteiger partial charge is 0.211 e. The Morgan fingerprint density at radius 1 is 1.11 bits per heavy atom. The largest absolute Gasteiger partial charge is 0.485 e. The number of carbonyl (C=O) groups is 1. The molecule has 0 atom stereocenters. The van der Waals surface area contributed by atoms with E-state index in [0.717, 1.165) is 12.0 Å². The van der Waals surface area contributed by atoms with E-state index in [1.807, 2.05) is 49.4 Å². The standard InChI is InChI=1S/C21H24N4O2/c1-3-4-5-6-16-8-10-17(11-9-16)21(26)18-13-15(2)7-12-19(18)27-14-20-22-24-25-23-20/h7-13H,3-6,14H2,1-2H3,(H,22,23,24,25). The van der Waals surface area contributed by atoms with Crippen molar-refractivity contribution in [1.82, 2.24) is 20.6 Å². The summed E-state index contributed by atoms with van der Waals surface area (Å²) in [5, 5.41) is 13.6. The first kappa shape index (κ1) is 18.8. The molecule has 6 heteroatoms. The number of hydrogen-bond acceptors (Lipinski definition) is 5. The predicted octanol–water partition coefficient (Wildman–Crippen LogP) is 4.05. The predicted molar refractivity (Wildman–Crippen MR) is 103 cm³/mol. The molecular weight excluding hydrogens is 340 g/mol. The monoisotopic (exact) mass is 364 g/mol. The maximum atomic E-state index is 13.0. The summed E-state index contributed by atoms with van der Waals surface area (Å²) in [7, 11) is 0. The number of unbranched alkanes of at least 4 members (excludes halogenated alkanes) is 2. The van der Waals surface area contributed by atoms with Crippen LogP contribution >= 0.6 is 0 Å². The maximum Gasteiger partial charge on any atom is 0.211 e. The molecule has 27 heavy (non-hydrogen) atoms. The lowest BCUT2D eigenvalue weighted by Gasteiger charge is -2.11. The van der Waals surface area contributed by atoms with Crippen LogP contribution in [0.5, 0.6) is 5.75 Å². The van der Waals surface area contributed by atoms with Gasteiger partial charge in [-0.15, -0.1) is 10.2 Å². The summed E-state index contributed by atoms with van der Waals surface area (Å²) in [5.41, 5.74) is 3.46. The van der Waals surface area contributed by atoms with Gasteiger partial charge in [0.15, 0.2) is 12.4 Å². The number of nitrogens with zero attached hydrogens (tertiary/aromatic N) is 3. The van der Waals surface area contributed by atoms with Gasteiger partial charge in [0.25, 0.3) is 0 Å². The van der Waals surface area contributed by atoms with Crippen molar-refractivity contribution in [2.45, 2.75) is 46.1 Å². The van der Waals surface area contributed by atoms with Crippen LogP contribution in [0.3, 0.4) is 0 Å². The van der Waals surface area contributed by atoms with Crippen molar-refractivity contribution in [3.63, 3.8) is 0 Å². The second-order valence-corrected chi connectivity index (χ2v) is 6.60. The summed E-state index contributed by atoms with van der Waals surface area (Å²) in [6.07, 6.45) is 4.66. The zero-order chi connectivity index (χ0) is 19.1. The molecule has 0 fully saturated rings. The Bertz CT molecular complexity index is 874. The van der Waals surface area contributed by atoms with Crippen LogP contribution < -0.4 is 4.74 Å². The fourth-order valence-corrected chi connectivity index (χ4v) is 2.89. The van der Waals surface area contributed by atoms with Crippen LogP contribution in [0.2, 0.25) is 0 Å². The highest BCUT2D eigenvalue weighted by Crippen LogP contribution is 2.24. The normalized spacial score (nSPS) is 10.7. The average Bonchev–Trinajstić information content (AvgIpc) is 3.21. The maximum absolute atomic E-state index is 13.0. The van der Waals surface area contributed by atoms with Crippen LogP contribution in [-0.4, -0.2) is 26.4 Å². The molecule has 0 radical (unpaired) electrons. The van der Waals surface area contributed by atoms with E-state index in [4.69, 9.17) is 4.74 Å². The summed E-state index contributed by atoms with van der Waals surface area (Å²) in [5.74, 6) is 0.898. The van der Waals surface area contributed by atoms with Crippen LogP contribution in [0.1, 0.15) is 59.1 Å². The third kappa shape index (κ3) is 5.00. The first-order valence-electron chi connectivity index (χ1n) is 9.26. The van der Waals surface area contributed by atoms with E-state index in [-0.39, 0.29) is 12.4 Å². The van der Waals surface area contributed by atoms with Gasteiger partial charge in [0.05, 0.1) is 5.56 Å². The van der Waals surface area contributed by atoms with Crippen LogP contribution in [0.15, 0.2) is 42.5 Å². The molecule has 0 aliphatic rings. The van der Waals surface area contributed by atoms with Crippen molar-refractivity contribution in [2.75, 3.05) is 0 Å². The first-order valence-corrected chi connectivity index (χ1v) is 9.26. The number of tetrazole rings is 1. The number of H-pyrrole nitrogens is 1. The molecule has 140 valence electrons. The Balaban J connectivity index is 1.75. The summed E-state index contributed by atoms with van der Waals surface area (Å²) >= 11 is 0. The lowest BCUT2D eigenvalue weighted by molar-refractivity contribution is 0.103. The zero-order valence-electron chi connectivity index (χ0n) is 15.7. The Labute approximate surface area is 159 Å². The zero-order valence-corrected chi connectivity index (χ0v) is 15.7. The molecule has 0 aliphatic heterocycles. The number of ketones is 1. The summed E-state index contributed by atoms with van der Waals surface area (Å²) in [6.45, 7) is 4.30. The van der Waals surface area contributed by atoms with E-state index in [1.54, 1.807) is 0 Å². The number of nitrogens with one attached hydrogen (secondary N) is 1. The number of benzene rings is 2. The van der Waals surface area contributed by atoms with Crippen LogP contribution in [0.4, 0.5) is 0 Å². The van der Waals surface area contributed by atoms with Crippen LogP contribution in [-0.2, 0) is 13.0 Å². The highest BCUT2D eigenvalue weighted by Gasteiger charge is 2.16. The van der Waals surface area contributed by atoms with E-state index in [0.29, 0.717) is 22.7 Å².